The van der Waals surface area contributed by atoms with E-state index >= 15 is 0 Å². The third-order valence-electron chi connectivity index (χ3n) is 2.52. The van der Waals surface area contributed by atoms with E-state index in [4.69, 9.17) is 11.6 Å². The zero-order valence-electron chi connectivity index (χ0n) is 9.45. The molecule has 96 valence electrons. The van der Waals surface area contributed by atoms with E-state index in [0.717, 1.165) is 14.7 Å². The molecule has 0 aliphatic carbocycles. The number of fused-ring (bicyclic) bond motifs is 1. The number of benzene rings is 2. The molecule has 0 atom stereocenters. The van der Waals surface area contributed by atoms with Crippen molar-refractivity contribution in [2.45, 2.75) is 0 Å². The lowest BCUT2D eigenvalue weighted by molar-refractivity contribution is 0.628. The van der Waals surface area contributed by atoms with E-state index in [1.165, 1.54) is 29.5 Å². The molecule has 0 unspecified atom stereocenters. The van der Waals surface area contributed by atoms with Gasteiger partial charge in [0.15, 0.2) is 5.13 Å². The lowest BCUT2D eigenvalue weighted by Crippen LogP contribution is -1.91. The van der Waals surface area contributed by atoms with E-state index in [2.05, 4.69) is 26.2 Å². The Balaban J connectivity index is 1.98. The highest BCUT2D eigenvalue weighted by Crippen LogP contribution is 2.32. The van der Waals surface area contributed by atoms with Gasteiger partial charge in [-0.05, 0) is 36.4 Å². The first-order chi connectivity index (χ1) is 9.11. The summed E-state index contributed by atoms with van der Waals surface area (Å²) in [5, 5.41) is 4.18. The molecule has 0 fully saturated rings. The molecule has 1 heterocycles. The summed E-state index contributed by atoms with van der Waals surface area (Å²) < 4.78 is 15.2. The molecule has 0 bridgehead atoms. The van der Waals surface area contributed by atoms with Crippen LogP contribution in [0.2, 0.25) is 5.02 Å². The number of aromatic nitrogens is 1. The van der Waals surface area contributed by atoms with Crippen LogP contribution in [0.3, 0.4) is 0 Å². The molecule has 0 aliphatic heterocycles. The molecule has 19 heavy (non-hydrogen) atoms. The van der Waals surface area contributed by atoms with Gasteiger partial charge in [-0.3, -0.25) is 0 Å². The quantitative estimate of drug-likeness (QED) is 0.646. The minimum atomic E-state index is -0.337. The van der Waals surface area contributed by atoms with Gasteiger partial charge >= 0.3 is 0 Å². The zero-order chi connectivity index (χ0) is 13.4. The average Bonchev–Trinajstić information content (AvgIpc) is 2.75. The van der Waals surface area contributed by atoms with Crippen LogP contribution in [0.4, 0.5) is 15.2 Å². The van der Waals surface area contributed by atoms with E-state index in [0.29, 0.717) is 15.8 Å². The van der Waals surface area contributed by atoms with Crippen LogP contribution in [-0.4, -0.2) is 4.98 Å². The Labute approximate surface area is 126 Å². The second-order valence-electron chi connectivity index (χ2n) is 3.88. The van der Waals surface area contributed by atoms with E-state index in [-0.39, 0.29) is 5.82 Å². The summed E-state index contributed by atoms with van der Waals surface area (Å²) in [7, 11) is 0. The number of hydrogen-bond acceptors (Lipinski definition) is 3. The Morgan fingerprint density at radius 1 is 1.21 bits per heavy atom. The SMILES string of the molecule is Fc1ccc(Cl)c(Nc2nc3ccc(Br)cc3s2)c1. The Kier molecular flexibility index (Phi) is 3.43. The van der Waals surface area contributed by atoms with E-state index in [1.54, 1.807) is 0 Å². The first-order valence-electron chi connectivity index (χ1n) is 5.40. The minimum absolute atomic E-state index is 0.337. The van der Waals surface area contributed by atoms with Gasteiger partial charge in [0.05, 0.1) is 20.9 Å². The largest absolute Gasteiger partial charge is 0.330 e. The smallest absolute Gasteiger partial charge is 0.188 e. The van der Waals surface area contributed by atoms with Crippen molar-refractivity contribution in [3.05, 3.63) is 51.7 Å². The van der Waals surface area contributed by atoms with Gasteiger partial charge in [-0.25, -0.2) is 9.37 Å². The molecule has 0 aliphatic rings. The Morgan fingerprint density at radius 2 is 2.05 bits per heavy atom. The molecule has 0 saturated heterocycles. The van der Waals surface area contributed by atoms with Gasteiger partial charge in [0.2, 0.25) is 0 Å². The molecule has 1 N–H and O–H groups in total. The number of nitrogens with one attached hydrogen (secondary N) is 1. The van der Waals surface area contributed by atoms with E-state index < -0.39 is 0 Å². The van der Waals surface area contributed by atoms with Crippen LogP contribution in [0.25, 0.3) is 10.2 Å². The molecule has 1 aromatic heterocycles. The molecule has 6 heteroatoms. The number of thiazole rings is 1. The third kappa shape index (κ3) is 2.73. The second-order valence-corrected chi connectivity index (χ2v) is 6.23. The summed E-state index contributed by atoms with van der Waals surface area (Å²) in [6, 6.07) is 10.0. The summed E-state index contributed by atoms with van der Waals surface area (Å²) >= 11 is 10.9. The maximum atomic E-state index is 13.2. The standard InChI is InChI=1S/C13H7BrClFN2S/c14-7-1-4-10-12(5-7)19-13(17-10)18-11-6-8(16)2-3-9(11)15/h1-6H,(H,17,18). The number of anilines is 2. The molecule has 0 radical (unpaired) electrons. The molecule has 0 spiro atoms. The number of rotatable bonds is 2. The zero-order valence-corrected chi connectivity index (χ0v) is 12.6. The average molecular weight is 358 g/mol. The topological polar surface area (TPSA) is 24.9 Å². The fourth-order valence-electron chi connectivity index (χ4n) is 1.66. The molecule has 3 aromatic rings. The van der Waals surface area contributed by atoms with Crippen molar-refractivity contribution in [3.8, 4) is 0 Å². The first kappa shape index (κ1) is 12.8. The van der Waals surface area contributed by atoms with Crippen molar-refractivity contribution in [1.82, 2.24) is 4.98 Å². The number of nitrogens with zero attached hydrogens (tertiary/aromatic N) is 1. The number of halogens is 3. The molecule has 2 nitrogen and oxygen atoms in total. The van der Waals surface area contributed by atoms with Gasteiger partial charge in [-0.15, -0.1) is 0 Å². The predicted octanol–water partition coefficient (Wildman–Crippen LogP) is 5.59. The Morgan fingerprint density at radius 3 is 2.89 bits per heavy atom. The monoisotopic (exact) mass is 356 g/mol. The molecular formula is C13H7BrClFN2S. The van der Waals surface area contributed by atoms with Crippen LogP contribution in [0.15, 0.2) is 40.9 Å². The van der Waals surface area contributed by atoms with E-state index in [1.807, 2.05) is 18.2 Å². The maximum Gasteiger partial charge on any atom is 0.188 e. The summed E-state index contributed by atoms with van der Waals surface area (Å²) in [6.45, 7) is 0. The van der Waals surface area contributed by atoms with Crippen molar-refractivity contribution in [3.63, 3.8) is 0 Å². The van der Waals surface area contributed by atoms with Gasteiger partial charge in [0.25, 0.3) is 0 Å². The third-order valence-corrected chi connectivity index (χ3v) is 4.28. The van der Waals surface area contributed by atoms with Crippen molar-refractivity contribution >= 4 is 59.9 Å². The number of hydrogen-bond donors (Lipinski definition) is 1. The molecular weight excluding hydrogens is 351 g/mol. The molecule has 2 aromatic carbocycles. The Hall–Kier alpha value is -1.17. The van der Waals surface area contributed by atoms with Crippen molar-refractivity contribution < 1.29 is 4.39 Å². The lowest BCUT2D eigenvalue weighted by Gasteiger charge is -2.04. The summed E-state index contributed by atoms with van der Waals surface area (Å²) in [5.74, 6) is -0.337. The van der Waals surface area contributed by atoms with Gasteiger partial charge in [0, 0.05) is 4.47 Å². The molecule has 3 rings (SSSR count). The summed E-state index contributed by atoms with van der Waals surface area (Å²) in [5.41, 5.74) is 1.41. The lowest BCUT2D eigenvalue weighted by atomic mass is 10.3. The first-order valence-corrected chi connectivity index (χ1v) is 7.39. The molecule has 0 saturated carbocycles. The van der Waals surface area contributed by atoms with Gasteiger partial charge in [0.1, 0.15) is 5.82 Å². The predicted molar refractivity (Wildman–Crippen MR) is 82.0 cm³/mol. The van der Waals surface area contributed by atoms with Gasteiger partial charge in [-0.1, -0.05) is 38.9 Å². The fourth-order valence-corrected chi connectivity index (χ4v) is 3.26. The fraction of sp³-hybridized carbons (Fsp3) is 0. The highest BCUT2D eigenvalue weighted by atomic mass is 79.9. The van der Waals surface area contributed by atoms with E-state index in [9.17, 15) is 4.39 Å². The van der Waals surface area contributed by atoms with Crippen LogP contribution in [0.1, 0.15) is 0 Å². The maximum absolute atomic E-state index is 13.2. The van der Waals surface area contributed by atoms with Crippen LogP contribution in [0.5, 0.6) is 0 Å². The highest BCUT2D eigenvalue weighted by molar-refractivity contribution is 9.10. The summed E-state index contributed by atoms with van der Waals surface area (Å²) in [4.78, 5) is 4.43. The van der Waals surface area contributed by atoms with Crippen LogP contribution in [0, 0.1) is 5.82 Å². The van der Waals surface area contributed by atoms with Crippen molar-refractivity contribution in [1.29, 1.82) is 0 Å². The Bertz CT molecular complexity index is 759. The van der Waals surface area contributed by atoms with Gasteiger partial charge < -0.3 is 5.32 Å². The molecule has 0 amide bonds. The minimum Gasteiger partial charge on any atom is -0.330 e. The highest BCUT2D eigenvalue weighted by Gasteiger charge is 2.07. The summed E-state index contributed by atoms with van der Waals surface area (Å²) in [6.07, 6.45) is 0. The van der Waals surface area contributed by atoms with Crippen molar-refractivity contribution in [2.75, 3.05) is 5.32 Å². The normalized spacial score (nSPS) is 10.9. The van der Waals surface area contributed by atoms with Crippen LogP contribution < -0.4 is 5.32 Å². The van der Waals surface area contributed by atoms with Crippen LogP contribution in [-0.2, 0) is 0 Å². The van der Waals surface area contributed by atoms with Gasteiger partial charge in [-0.2, -0.15) is 0 Å². The van der Waals surface area contributed by atoms with Crippen molar-refractivity contribution in [2.24, 2.45) is 0 Å². The second kappa shape index (κ2) is 5.07. The van der Waals surface area contributed by atoms with Crippen LogP contribution >= 0.6 is 38.9 Å².